The summed E-state index contributed by atoms with van der Waals surface area (Å²) >= 11 is 0. The van der Waals surface area contributed by atoms with Gasteiger partial charge in [0.1, 0.15) is 5.76 Å². The van der Waals surface area contributed by atoms with E-state index in [0.717, 1.165) is 18.6 Å². The first kappa shape index (κ1) is 14.1. The molecule has 4 heteroatoms. The number of hydrogen-bond donors (Lipinski definition) is 2. The van der Waals surface area contributed by atoms with Crippen molar-refractivity contribution in [3.05, 3.63) is 24.2 Å². The molecule has 1 unspecified atom stereocenters. The van der Waals surface area contributed by atoms with Gasteiger partial charge in [0.05, 0.1) is 12.3 Å². The van der Waals surface area contributed by atoms with E-state index in [1.165, 1.54) is 19.3 Å². The number of amides is 1. The van der Waals surface area contributed by atoms with Crippen LogP contribution in [-0.2, 0) is 4.79 Å². The quantitative estimate of drug-likeness (QED) is 0.859. The highest BCUT2D eigenvalue weighted by Gasteiger charge is 2.33. The Morgan fingerprint density at radius 2 is 2.21 bits per heavy atom. The summed E-state index contributed by atoms with van der Waals surface area (Å²) < 4.78 is 5.30. The fourth-order valence-electron chi connectivity index (χ4n) is 3.00. The molecule has 1 aliphatic carbocycles. The van der Waals surface area contributed by atoms with Crippen LogP contribution in [0.2, 0.25) is 0 Å². The van der Waals surface area contributed by atoms with E-state index in [0.29, 0.717) is 13.0 Å². The predicted octanol–water partition coefficient (Wildman–Crippen LogP) is 2.76. The lowest BCUT2D eigenvalue weighted by molar-refractivity contribution is -0.124. The zero-order valence-electron chi connectivity index (χ0n) is 11.7. The summed E-state index contributed by atoms with van der Waals surface area (Å²) in [7, 11) is 0. The lowest BCUT2D eigenvalue weighted by Crippen LogP contribution is -2.39. The van der Waals surface area contributed by atoms with Crippen molar-refractivity contribution in [1.82, 2.24) is 5.32 Å². The first-order chi connectivity index (χ1) is 9.15. The first-order valence-electron chi connectivity index (χ1n) is 7.18. The second-order valence-electron chi connectivity index (χ2n) is 5.75. The molecule has 0 spiro atoms. The van der Waals surface area contributed by atoms with Gasteiger partial charge in [-0.1, -0.05) is 19.3 Å². The molecule has 1 atom stereocenters. The lowest BCUT2D eigenvalue weighted by Gasteiger charge is -2.35. The molecule has 19 heavy (non-hydrogen) atoms. The largest absolute Gasteiger partial charge is 0.467 e. The SMILES string of the molecule is CC(NC(=O)CC1(CN)CCCCC1)c1ccco1. The Morgan fingerprint density at radius 3 is 2.79 bits per heavy atom. The Labute approximate surface area is 114 Å². The summed E-state index contributed by atoms with van der Waals surface area (Å²) in [5.41, 5.74) is 5.93. The van der Waals surface area contributed by atoms with Crippen LogP contribution in [-0.4, -0.2) is 12.5 Å². The van der Waals surface area contributed by atoms with Crippen LogP contribution in [0, 0.1) is 5.41 Å². The van der Waals surface area contributed by atoms with E-state index in [2.05, 4.69) is 5.32 Å². The summed E-state index contributed by atoms with van der Waals surface area (Å²) in [4.78, 5) is 12.2. The van der Waals surface area contributed by atoms with E-state index in [9.17, 15) is 4.79 Å². The van der Waals surface area contributed by atoms with Crippen molar-refractivity contribution in [2.24, 2.45) is 11.1 Å². The number of nitrogens with one attached hydrogen (secondary N) is 1. The topological polar surface area (TPSA) is 68.3 Å². The highest BCUT2D eigenvalue weighted by molar-refractivity contribution is 5.77. The highest BCUT2D eigenvalue weighted by Crippen LogP contribution is 2.38. The molecule has 0 radical (unpaired) electrons. The number of hydrogen-bond acceptors (Lipinski definition) is 3. The van der Waals surface area contributed by atoms with Crippen molar-refractivity contribution in [2.45, 2.75) is 51.5 Å². The van der Waals surface area contributed by atoms with E-state index in [1.807, 2.05) is 19.1 Å². The average Bonchev–Trinajstić information content (AvgIpc) is 2.93. The van der Waals surface area contributed by atoms with Crippen molar-refractivity contribution < 1.29 is 9.21 Å². The Balaban J connectivity index is 1.89. The van der Waals surface area contributed by atoms with Crippen LogP contribution in [0.1, 0.15) is 57.3 Å². The predicted molar refractivity (Wildman–Crippen MR) is 74.5 cm³/mol. The van der Waals surface area contributed by atoms with E-state index >= 15 is 0 Å². The van der Waals surface area contributed by atoms with Crippen LogP contribution in [0.25, 0.3) is 0 Å². The summed E-state index contributed by atoms with van der Waals surface area (Å²) in [5, 5.41) is 3.00. The molecule has 0 aliphatic heterocycles. The van der Waals surface area contributed by atoms with Crippen molar-refractivity contribution in [1.29, 1.82) is 0 Å². The molecule has 0 aromatic carbocycles. The maximum absolute atomic E-state index is 12.2. The van der Waals surface area contributed by atoms with E-state index in [1.54, 1.807) is 6.26 Å². The van der Waals surface area contributed by atoms with Crippen LogP contribution in [0.15, 0.2) is 22.8 Å². The van der Waals surface area contributed by atoms with Gasteiger partial charge >= 0.3 is 0 Å². The molecule has 1 saturated carbocycles. The van der Waals surface area contributed by atoms with Crippen molar-refractivity contribution in [3.8, 4) is 0 Å². The third kappa shape index (κ3) is 3.60. The van der Waals surface area contributed by atoms with Gasteiger partial charge in [-0.3, -0.25) is 4.79 Å². The molecule has 0 bridgehead atoms. The molecular formula is C15H24N2O2. The molecular weight excluding hydrogens is 240 g/mol. The van der Waals surface area contributed by atoms with Crippen LogP contribution in [0.5, 0.6) is 0 Å². The molecule has 0 saturated heterocycles. The van der Waals surface area contributed by atoms with E-state index in [-0.39, 0.29) is 17.4 Å². The molecule has 1 aliphatic rings. The first-order valence-corrected chi connectivity index (χ1v) is 7.18. The summed E-state index contributed by atoms with van der Waals surface area (Å²) in [6.45, 7) is 2.54. The number of carbonyl (C=O) groups is 1. The highest BCUT2D eigenvalue weighted by atomic mass is 16.3. The van der Waals surface area contributed by atoms with Crippen LogP contribution < -0.4 is 11.1 Å². The third-order valence-corrected chi connectivity index (χ3v) is 4.23. The van der Waals surface area contributed by atoms with Gasteiger partial charge in [-0.15, -0.1) is 0 Å². The molecule has 1 aromatic heterocycles. The maximum atomic E-state index is 12.2. The number of furan rings is 1. The van der Waals surface area contributed by atoms with Crippen LogP contribution >= 0.6 is 0 Å². The van der Waals surface area contributed by atoms with Gasteiger partial charge in [0, 0.05) is 6.42 Å². The maximum Gasteiger partial charge on any atom is 0.221 e. The third-order valence-electron chi connectivity index (χ3n) is 4.23. The zero-order valence-corrected chi connectivity index (χ0v) is 11.7. The minimum Gasteiger partial charge on any atom is -0.467 e. The van der Waals surface area contributed by atoms with Crippen molar-refractivity contribution in [3.63, 3.8) is 0 Å². The van der Waals surface area contributed by atoms with Gasteiger partial charge in [0.25, 0.3) is 0 Å². The number of nitrogens with two attached hydrogens (primary N) is 1. The van der Waals surface area contributed by atoms with E-state index < -0.39 is 0 Å². The second kappa shape index (κ2) is 6.24. The monoisotopic (exact) mass is 264 g/mol. The summed E-state index contributed by atoms with van der Waals surface area (Å²) in [5.74, 6) is 0.870. The number of rotatable bonds is 5. The van der Waals surface area contributed by atoms with Crippen molar-refractivity contribution >= 4 is 5.91 Å². The van der Waals surface area contributed by atoms with Crippen molar-refractivity contribution in [2.75, 3.05) is 6.54 Å². The van der Waals surface area contributed by atoms with Gasteiger partial charge in [0.2, 0.25) is 5.91 Å². The Kier molecular flexibility index (Phi) is 4.64. The second-order valence-corrected chi connectivity index (χ2v) is 5.75. The molecule has 4 nitrogen and oxygen atoms in total. The molecule has 2 rings (SSSR count). The molecule has 1 aromatic rings. The summed E-state index contributed by atoms with van der Waals surface area (Å²) in [6, 6.07) is 3.63. The molecule has 3 N–H and O–H groups in total. The van der Waals surface area contributed by atoms with Gasteiger partial charge in [-0.2, -0.15) is 0 Å². The lowest BCUT2D eigenvalue weighted by atomic mass is 9.71. The van der Waals surface area contributed by atoms with Gasteiger partial charge in [-0.05, 0) is 43.9 Å². The van der Waals surface area contributed by atoms with Gasteiger partial charge < -0.3 is 15.5 Å². The smallest absolute Gasteiger partial charge is 0.221 e. The average molecular weight is 264 g/mol. The minimum atomic E-state index is -0.0825. The fourth-order valence-corrected chi connectivity index (χ4v) is 3.00. The Morgan fingerprint density at radius 1 is 1.47 bits per heavy atom. The zero-order chi connectivity index (χ0) is 13.7. The minimum absolute atomic E-state index is 0.0191. The standard InChI is InChI=1S/C15H24N2O2/c1-12(13-6-5-9-19-13)17-14(18)10-15(11-16)7-3-2-4-8-15/h5-6,9,12H,2-4,7-8,10-11,16H2,1H3,(H,17,18). The number of carbonyl (C=O) groups excluding carboxylic acids is 1. The van der Waals surface area contributed by atoms with Crippen LogP contribution in [0.4, 0.5) is 0 Å². The van der Waals surface area contributed by atoms with Crippen LogP contribution in [0.3, 0.4) is 0 Å². The molecule has 1 heterocycles. The molecule has 1 amide bonds. The van der Waals surface area contributed by atoms with Gasteiger partial charge in [0.15, 0.2) is 0 Å². The normalized spacial score (nSPS) is 19.9. The summed E-state index contributed by atoms with van der Waals surface area (Å²) in [6.07, 6.45) is 7.97. The molecule has 1 fully saturated rings. The fraction of sp³-hybridized carbons (Fsp3) is 0.667. The van der Waals surface area contributed by atoms with Gasteiger partial charge in [-0.25, -0.2) is 0 Å². The molecule has 106 valence electrons. The Bertz CT molecular complexity index is 394. The Hall–Kier alpha value is -1.29. The van der Waals surface area contributed by atoms with E-state index in [4.69, 9.17) is 10.2 Å².